The van der Waals surface area contributed by atoms with Crippen molar-refractivity contribution in [2.24, 2.45) is 0 Å². The Kier molecular flexibility index (Phi) is 8.18. The molecular formula is C50H47N5Pt. The van der Waals surface area contributed by atoms with Gasteiger partial charge in [-0.3, -0.25) is 0 Å². The smallest absolute Gasteiger partial charge is 0.504 e. The Labute approximate surface area is 346 Å². The molecule has 0 bridgehead atoms. The van der Waals surface area contributed by atoms with Gasteiger partial charge in [0.25, 0.3) is 0 Å². The second kappa shape index (κ2) is 12.5. The van der Waals surface area contributed by atoms with E-state index in [1.807, 2.05) is 0 Å². The van der Waals surface area contributed by atoms with Crippen LogP contribution in [0.3, 0.4) is 0 Å². The zero-order valence-corrected chi connectivity index (χ0v) is 35.9. The summed E-state index contributed by atoms with van der Waals surface area (Å²) < 4.78 is 2.51. The summed E-state index contributed by atoms with van der Waals surface area (Å²) in [4.78, 5) is 8.99. The average Bonchev–Trinajstić information content (AvgIpc) is 3.82. The van der Waals surface area contributed by atoms with Crippen LogP contribution in [0.4, 0.5) is 34.1 Å². The molecule has 0 radical (unpaired) electrons. The number of fused-ring (bicyclic) bond motifs is 7. The fourth-order valence-electron chi connectivity index (χ4n) is 9.08. The number of rotatable bonds is 3. The third-order valence-corrected chi connectivity index (χ3v) is 12.2. The minimum atomic E-state index is -0.603. The van der Waals surface area contributed by atoms with E-state index in [0.29, 0.717) is 0 Å². The predicted octanol–water partition coefficient (Wildman–Crippen LogP) is 12.1. The first kappa shape index (κ1) is 36.6. The van der Waals surface area contributed by atoms with Crippen molar-refractivity contribution >= 4 is 55.9 Å². The Bertz CT molecular complexity index is 2710. The van der Waals surface area contributed by atoms with Crippen molar-refractivity contribution in [2.75, 3.05) is 33.7 Å². The molecule has 3 aliphatic rings. The first-order chi connectivity index (χ1) is 26.2. The van der Waals surface area contributed by atoms with E-state index in [-0.39, 0.29) is 31.9 Å². The summed E-state index contributed by atoms with van der Waals surface area (Å²) in [6.07, 6.45) is 0. The molecule has 0 spiro atoms. The van der Waals surface area contributed by atoms with Crippen molar-refractivity contribution in [1.29, 1.82) is 0 Å². The Morgan fingerprint density at radius 1 is 0.554 bits per heavy atom. The number of para-hydroxylation sites is 5. The van der Waals surface area contributed by atoms with Gasteiger partial charge in [0.15, 0.2) is 0 Å². The Balaban J connectivity index is 0.00000410. The van der Waals surface area contributed by atoms with Gasteiger partial charge in [-0.15, -0.1) is 40.7 Å². The monoisotopic (exact) mass is 912 g/mol. The molecule has 0 amide bonds. The van der Waals surface area contributed by atoms with Crippen LogP contribution in [0.15, 0.2) is 109 Å². The van der Waals surface area contributed by atoms with Crippen molar-refractivity contribution in [2.45, 2.75) is 64.7 Å². The molecule has 1 atom stereocenters. The van der Waals surface area contributed by atoms with Gasteiger partial charge in [0.05, 0.1) is 0 Å². The summed E-state index contributed by atoms with van der Waals surface area (Å²) in [5.41, 5.74) is 15.8. The van der Waals surface area contributed by atoms with E-state index in [4.69, 9.17) is 0 Å². The number of benzene rings is 6. The maximum absolute atomic E-state index is 4.10. The van der Waals surface area contributed by atoms with Crippen LogP contribution in [-0.4, -0.2) is 18.7 Å². The maximum Gasteiger partial charge on any atom is 4.00 e. The Morgan fingerprint density at radius 2 is 1.16 bits per heavy atom. The standard InChI is InChI=1S/C50H47N5.Pt/c1-48(2,3)32-21-23-41-38(28-32)37-15-14-16-39-47(37)55(41)42-24-22-35(53-30-51(8)43-17-10-12-19-45(43)53)29-40(42)50(39,7)34-25-33(49(4,5)6)26-36(27-34)54-31-52(9)44-18-11-13-20-46(44)54;/h10-26,28,30-31H,1-9H3;/q-4;+4. The molecule has 7 aromatic rings. The van der Waals surface area contributed by atoms with Crippen molar-refractivity contribution in [1.82, 2.24) is 4.57 Å². The Hall–Kier alpha value is -4.99. The molecule has 6 aromatic carbocycles. The summed E-state index contributed by atoms with van der Waals surface area (Å²) in [7, 11) is 4.24. The van der Waals surface area contributed by atoms with Crippen molar-refractivity contribution in [3.05, 3.63) is 162 Å². The molecule has 1 unspecified atom stereocenters. The van der Waals surface area contributed by atoms with Crippen LogP contribution in [0.25, 0.3) is 27.5 Å². The zero-order valence-electron chi connectivity index (χ0n) is 33.6. The van der Waals surface area contributed by atoms with Crippen LogP contribution in [0, 0.1) is 25.5 Å². The number of anilines is 6. The molecule has 5 nitrogen and oxygen atoms in total. The van der Waals surface area contributed by atoms with E-state index in [9.17, 15) is 0 Å². The molecule has 0 fully saturated rings. The van der Waals surface area contributed by atoms with Gasteiger partial charge in [-0.05, 0) is 72.5 Å². The van der Waals surface area contributed by atoms with E-state index in [1.54, 1.807) is 0 Å². The van der Waals surface area contributed by atoms with Gasteiger partial charge >= 0.3 is 21.1 Å². The first-order valence-electron chi connectivity index (χ1n) is 19.4. The second-order valence-corrected chi connectivity index (χ2v) is 17.8. The predicted molar refractivity (Wildman–Crippen MR) is 230 cm³/mol. The summed E-state index contributed by atoms with van der Waals surface area (Å²) in [5, 5.41) is 2.56. The largest absolute Gasteiger partial charge is 4.00 e. The Morgan fingerprint density at radius 3 is 1.79 bits per heavy atom. The molecule has 10 rings (SSSR count). The molecule has 0 N–H and O–H groups in total. The van der Waals surface area contributed by atoms with E-state index >= 15 is 0 Å². The van der Waals surface area contributed by atoms with Crippen molar-refractivity contribution in [3.63, 3.8) is 0 Å². The van der Waals surface area contributed by atoms with Gasteiger partial charge < -0.3 is 24.2 Å². The maximum atomic E-state index is 4.10. The SMILES string of the molecule is CN1[CH-]N(c2[c-]c3c(cc2)-n2c4ccc(C(C)(C)C)cc4c4cccc(c42)C3(C)c2[c-]c(N3[CH-]N(C)c4ccccc43)cc(C(C)(C)C)c2)c2ccccc21.[Pt+4]. The quantitative estimate of drug-likeness (QED) is 0.164. The molecule has 0 saturated heterocycles. The topological polar surface area (TPSA) is 17.9 Å². The number of aromatic nitrogens is 1. The van der Waals surface area contributed by atoms with Crippen molar-refractivity contribution in [3.8, 4) is 5.69 Å². The van der Waals surface area contributed by atoms with Gasteiger partial charge in [0, 0.05) is 50.0 Å². The molecule has 0 aliphatic carbocycles. The van der Waals surface area contributed by atoms with Crippen molar-refractivity contribution < 1.29 is 21.1 Å². The third kappa shape index (κ3) is 5.23. The van der Waals surface area contributed by atoms with Gasteiger partial charge in [0.2, 0.25) is 0 Å². The van der Waals surface area contributed by atoms with Crippen LogP contribution in [0.5, 0.6) is 0 Å². The first-order valence-corrected chi connectivity index (χ1v) is 19.4. The molecule has 4 heterocycles. The third-order valence-electron chi connectivity index (χ3n) is 12.2. The van der Waals surface area contributed by atoms with Crippen LogP contribution in [0.2, 0.25) is 0 Å². The molecule has 0 saturated carbocycles. The van der Waals surface area contributed by atoms with Gasteiger partial charge in [-0.2, -0.15) is 37.1 Å². The van der Waals surface area contributed by atoms with Crippen LogP contribution < -0.4 is 19.6 Å². The molecule has 282 valence electrons. The van der Waals surface area contributed by atoms with Gasteiger partial charge in [0.1, 0.15) is 0 Å². The van der Waals surface area contributed by atoms with Gasteiger partial charge in [-0.1, -0.05) is 103 Å². The van der Waals surface area contributed by atoms with Gasteiger partial charge in [-0.25, -0.2) is 0 Å². The summed E-state index contributed by atoms with van der Waals surface area (Å²) in [6, 6.07) is 48.7. The van der Waals surface area contributed by atoms with Crippen LogP contribution in [0.1, 0.15) is 76.3 Å². The van der Waals surface area contributed by atoms with Crippen LogP contribution in [-0.2, 0) is 37.3 Å². The summed E-state index contributed by atoms with van der Waals surface area (Å²) in [6.45, 7) is 20.6. The van der Waals surface area contributed by atoms with E-state index < -0.39 is 5.41 Å². The van der Waals surface area contributed by atoms with E-state index in [0.717, 1.165) is 39.6 Å². The molecule has 6 heteroatoms. The van der Waals surface area contributed by atoms with E-state index in [1.165, 1.54) is 49.9 Å². The summed E-state index contributed by atoms with van der Waals surface area (Å²) in [5.74, 6) is 0. The minimum Gasteiger partial charge on any atom is -0.504 e. The molecular weight excluding hydrogens is 866 g/mol. The fourth-order valence-corrected chi connectivity index (χ4v) is 9.08. The second-order valence-electron chi connectivity index (χ2n) is 17.8. The van der Waals surface area contributed by atoms with Crippen LogP contribution >= 0.6 is 0 Å². The fraction of sp³-hybridized carbons (Fsp3) is 0.240. The molecule has 3 aliphatic heterocycles. The molecule has 56 heavy (non-hydrogen) atoms. The number of hydrogen-bond acceptors (Lipinski definition) is 4. The zero-order chi connectivity index (χ0) is 38.2. The average molecular weight is 913 g/mol. The normalized spacial score (nSPS) is 17.4. The number of nitrogens with zero attached hydrogens (tertiary/aromatic N) is 5. The molecule has 1 aromatic heterocycles. The summed E-state index contributed by atoms with van der Waals surface area (Å²) >= 11 is 0. The number of hydrogen-bond donors (Lipinski definition) is 0. The van der Waals surface area contributed by atoms with E-state index in [2.05, 4.69) is 221 Å². The minimum absolute atomic E-state index is 0.